The predicted molar refractivity (Wildman–Crippen MR) is 29.4 cm³/mol. The molecule has 46 valence electrons. The van der Waals surface area contributed by atoms with E-state index in [1.54, 1.807) is 0 Å². The molecule has 0 aromatic heterocycles. The number of aliphatic hydroxyl groups excluding tert-OH is 1. The molecule has 1 saturated carbocycles. The molecular formula is C6H10O2. The van der Waals surface area contributed by atoms with E-state index in [-0.39, 0.29) is 11.7 Å². The molecule has 1 aliphatic carbocycles. The van der Waals surface area contributed by atoms with Gasteiger partial charge in [0.15, 0.2) is 5.78 Å². The summed E-state index contributed by atoms with van der Waals surface area (Å²) in [5.41, 5.74) is 0. The molecule has 2 nitrogen and oxygen atoms in total. The van der Waals surface area contributed by atoms with Crippen molar-refractivity contribution >= 4 is 5.78 Å². The largest absolute Gasteiger partial charge is 0.385 e. The monoisotopic (exact) mass is 114 g/mol. The van der Waals surface area contributed by atoms with Gasteiger partial charge in [-0.1, -0.05) is 13.3 Å². The number of aliphatic hydroxyl groups is 1. The van der Waals surface area contributed by atoms with Crippen LogP contribution in [0.3, 0.4) is 0 Å². The normalized spacial score (nSPS) is 35.5. The van der Waals surface area contributed by atoms with Crippen LogP contribution >= 0.6 is 0 Å². The van der Waals surface area contributed by atoms with Crippen molar-refractivity contribution in [1.82, 2.24) is 0 Å². The van der Waals surface area contributed by atoms with Gasteiger partial charge in [0.05, 0.1) is 5.92 Å². The number of hydrogen-bond acceptors (Lipinski definition) is 2. The van der Waals surface area contributed by atoms with Crippen molar-refractivity contribution in [3.05, 3.63) is 0 Å². The average Bonchev–Trinajstić information content (AvgIpc) is 2.25. The lowest BCUT2D eigenvalue weighted by Crippen LogP contribution is -1.82. The van der Waals surface area contributed by atoms with Crippen molar-refractivity contribution in [2.75, 3.05) is 0 Å². The first-order valence-electron chi connectivity index (χ1n) is 2.99. The molecule has 0 amide bonds. The second-order valence-electron chi connectivity index (χ2n) is 2.24. The van der Waals surface area contributed by atoms with Gasteiger partial charge in [-0.05, 0) is 6.42 Å². The smallest absolute Gasteiger partial charge is 0.168 e. The molecule has 2 atom stereocenters. The Hall–Kier alpha value is -0.370. The number of ketones is 1. The SMILES string of the molecule is CCCC1C(=O)C1O. The van der Waals surface area contributed by atoms with Crippen LogP contribution in [0.5, 0.6) is 0 Å². The fraction of sp³-hybridized carbons (Fsp3) is 0.833. The highest BCUT2D eigenvalue weighted by Gasteiger charge is 2.46. The fourth-order valence-corrected chi connectivity index (χ4v) is 0.887. The Bertz CT molecular complexity index is 109. The first kappa shape index (κ1) is 5.76. The number of Topliss-reactive ketones (excluding diaryl/α,β-unsaturated/α-hetero) is 1. The fourth-order valence-electron chi connectivity index (χ4n) is 0.887. The van der Waals surface area contributed by atoms with E-state index < -0.39 is 6.10 Å². The van der Waals surface area contributed by atoms with Gasteiger partial charge in [-0.25, -0.2) is 0 Å². The Morgan fingerprint density at radius 2 is 2.25 bits per heavy atom. The van der Waals surface area contributed by atoms with E-state index in [1.807, 2.05) is 6.92 Å². The number of rotatable bonds is 2. The van der Waals surface area contributed by atoms with E-state index in [4.69, 9.17) is 5.11 Å². The molecule has 0 aromatic carbocycles. The Kier molecular flexibility index (Phi) is 1.34. The summed E-state index contributed by atoms with van der Waals surface area (Å²) in [6, 6.07) is 0. The highest BCUT2D eigenvalue weighted by molar-refractivity contribution is 6.01. The van der Waals surface area contributed by atoms with Crippen molar-refractivity contribution < 1.29 is 9.90 Å². The summed E-state index contributed by atoms with van der Waals surface area (Å²) in [7, 11) is 0. The van der Waals surface area contributed by atoms with Crippen LogP contribution in [0.25, 0.3) is 0 Å². The average molecular weight is 114 g/mol. The zero-order valence-corrected chi connectivity index (χ0v) is 4.92. The van der Waals surface area contributed by atoms with Crippen molar-refractivity contribution in [1.29, 1.82) is 0 Å². The van der Waals surface area contributed by atoms with Crippen LogP contribution in [0.4, 0.5) is 0 Å². The van der Waals surface area contributed by atoms with Gasteiger partial charge in [-0.2, -0.15) is 0 Å². The van der Waals surface area contributed by atoms with Crippen molar-refractivity contribution in [3.63, 3.8) is 0 Å². The lowest BCUT2D eigenvalue weighted by atomic mass is 10.2. The molecule has 0 saturated heterocycles. The number of hydrogen-bond donors (Lipinski definition) is 1. The number of carbonyl (C=O) groups excluding carboxylic acids is 1. The maximum Gasteiger partial charge on any atom is 0.168 e. The van der Waals surface area contributed by atoms with Crippen LogP contribution in [0.1, 0.15) is 19.8 Å². The summed E-state index contributed by atoms with van der Waals surface area (Å²) in [4.78, 5) is 10.4. The Morgan fingerprint density at radius 1 is 1.75 bits per heavy atom. The third-order valence-electron chi connectivity index (χ3n) is 1.53. The minimum Gasteiger partial charge on any atom is -0.385 e. The van der Waals surface area contributed by atoms with E-state index in [1.165, 1.54) is 0 Å². The van der Waals surface area contributed by atoms with Crippen molar-refractivity contribution in [2.24, 2.45) is 5.92 Å². The van der Waals surface area contributed by atoms with Gasteiger partial charge in [0.1, 0.15) is 6.10 Å². The third kappa shape index (κ3) is 0.757. The summed E-state index contributed by atoms with van der Waals surface area (Å²) in [6.07, 6.45) is 1.25. The summed E-state index contributed by atoms with van der Waals surface area (Å²) < 4.78 is 0. The zero-order chi connectivity index (χ0) is 6.15. The first-order chi connectivity index (χ1) is 3.77. The van der Waals surface area contributed by atoms with E-state index >= 15 is 0 Å². The van der Waals surface area contributed by atoms with Gasteiger partial charge in [0.25, 0.3) is 0 Å². The Morgan fingerprint density at radius 3 is 2.38 bits per heavy atom. The van der Waals surface area contributed by atoms with Crippen LogP contribution in [-0.4, -0.2) is 17.0 Å². The molecule has 8 heavy (non-hydrogen) atoms. The maximum atomic E-state index is 10.4. The molecule has 1 aliphatic rings. The van der Waals surface area contributed by atoms with Crippen LogP contribution in [0.15, 0.2) is 0 Å². The number of carbonyl (C=O) groups is 1. The van der Waals surface area contributed by atoms with Crippen LogP contribution in [0.2, 0.25) is 0 Å². The molecular weight excluding hydrogens is 104 g/mol. The molecule has 2 heteroatoms. The van der Waals surface area contributed by atoms with Gasteiger partial charge in [0, 0.05) is 0 Å². The molecule has 0 spiro atoms. The third-order valence-corrected chi connectivity index (χ3v) is 1.53. The molecule has 2 unspecified atom stereocenters. The van der Waals surface area contributed by atoms with Crippen LogP contribution in [-0.2, 0) is 4.79 Å². The standard InChI is InChI=1S/C6H10O2/c1-2-3-4-5(7)6(4)8/h4-5,7H,2-3H2,1H3. The lowest BCUT2D eigenvalue weighted by molar-refractivity contribution is -0.113. The summed E-state index contributed by atoms with van der Waals surface area (Å²) >= 11 is 0. The minimum absolute atomic E-state index is 0.000000000000000222. The van der Waals surface area contributed by atoms with Gasteiger partial charge in [-0.15, -0.1) is 0 Å². The molecule has 0 aliphatic heterocycles. The lowest BCUT2D eigenvalue weighted by Gasteiger charge is -1.83. The molecule has 1 N–H and O–H groups in total. The molecule has 0 heterocycles. The van der Waals surface area contributed by atoms with Gasteiger partial charge < -0.3 is 5.11 Å². The highest BCUT2D eigenvalue weighted by Crippen LogP contribution is 2.29. The van der Waals surface area contributed by atoms with Crippen molar-refractivity contribution in [2.45, 2.75) is 25.9 Å². The second kappa shape index (κ2) is 1.86. The van der Waals surface area contributed by atoms with Gasteiger partial charge >= 0.3 is 0 Å². The maximum absolute atomic E-state index is 10.4. The van der Waals surface area contributed by atoms with Gasteiger partial charge in [-0.3, -0.25) is 4.79 Å². The summed E-state index contributed by atoms with van der Waals surface area (Å²) in [6.45, 7) is 2.01. The van der Waals surface area contributed by atoms with Crippen molar-refractivity contribution in [3.8, 4) is 0 Å². The van der Waals surface area contributed by atoms with Crippen LogP contribution in [0, 0.1) is 5.92 Å². The Labute approximate surface area is 48.5 Å². The quantitative estimate of drug-likeness (QED) is 0.562. The molecule has 1 rings (SSSR count). The zero-order valence-electron chi connectivity index (χ0n) is 4.92. The van der Waals surface area contributed by atoms with Crippen LogP contribution < -0.4 is 0 Å². The molecule has 0 bridgehead atoms. The van der Waals surface area contributed by atoms with E-state index in [0.29, 0.717) is 0 Å². The highest BCUT2D eigenvalue weighted by atomic mass is 16.3. The second-order valence-corrected chi connectivity index (χ2v) is 2.24. The van der Waals surface area contributed by atoms with E-state index in [9.17, 15) is 4.79 Å². The molecule has 0 aromatic rings. The minimum atomic E-state index is -0.602. The van der Waals surface area contributed by atoms with E-state index in [0.717, 1.165) is 12.8 Å². The van der Waals surface area contributed by atoms with Gasteiger partial charge in [0.2, 0.25) is 0 Å². The predicted octanol–water partition coefficient (Wildman–Crippen LogP) is 0.346. The first-order valence-corrected chi connectivity index (χ1v) is 2.99. The Balaban J connectivity index is 2.23. The topological polar surface area (TPSA) is 37.3 Å². The summed E-state index contributed by atoms with van der Waals surface area (Å²) in [5, 5.41) is 8.68. The molecule has 0 radical (unpaired) electrons. The van der Waals surface area contributed by atoms with E-state index in [2.05, 4.69) is 0 Å². The molecule has 1 fully saturated rings. The summed E-state index contributed by atoms with van der Waals surface area (Å²) in [5.74, 6) is 0.0341.